The van der Waals surface area contributed by atoms with E-state index in [2.05, 4.69) is 11.4 Å². The molecule has 0 aliphatic carbocycles. The van der Waals surface area contributed by atoms with Gasteiger partial charge in [-0.25, -0.2) is 0 Å². The summed E-state index contributed by atoms with van der Waals surface area (Å²) in [5.41, 5.74) is 0.910. The van der Waals surface area contributed by atoms with Gasteiger partial charge in [-0.15, -0.1) is 0 Å². The summed E-state index contributed by atoms with van der Waals surface area (Å²) in [4.78, 5) is 0. The van der Waals surface area contributed by atoms with Crippen molar-refractivity contribution in [1.29, 1.82) is 0 Å². The van der Waals surface area contributed by atoms with E-state index < -0.39 is 6.10 Å². The minimum Gasteiger partial charge on any atom is -0.394 e. The average Bonchev–Trinajstić information content (AvgIpc) is 2.50. The maximum Gasteiger partial charge on any atom is 0.0914 e. The van der Waals surface area contributed by atoms with E-state index in [4.69, 9.17) is 9.84 Å². The lowest BCUT2D eigenvalue weighted by atomic mass is 10.0. The molecule has 2 aromatic carbocycles. The highest BCUT2D eigenvalue weighted by atomic mass is 16.5. The van der Waals surface area contributed by atoms with Gasteiger partial charge < -0.3 is 20.3 Å². The van der Waals surface area contributed by atoms with Crippen molar-refractivity contribution >= 4 is 10.8 Å². The third-order valence-corrected chi connectivity index (χ3v) is 3.15. The van der Waals surface area contributed by atoms with E-state index in [0.717, 1.165) is 10.9 Å². The van der Waals surface area contributed by atoms with E-state index in [-0.39, 0.29) is 6.61 Å². The van der Waals surface area contributed by atoms with Gasteiger partial charge >= 0.3 is 0 Å². The number of rotatable bonds is 8. The lowest BCUT2D eigenvalue weighted by Gasteiger charge is -2.13. The Morgan fingerprint density at radius 3 is 2.65 bits per heavy atom. The summed E-state index contributed by atoms with van der Waals surface area (Å²) < 4.78 is 5.13. The van der Waals surface area contributed by atoms with Crippen molar-refractivity contribution in [2.45, 2.75) is 6.10 Å². The Labute approximate surface area is 119 Å². The molecule has 0 aliphatic rings. The summed E-state index contributed by atoms with van der Waals surface area (Å²) in [6.45, 7) is 2.07. The van der Waals surface area contributed by atoms with Gasteiger partial charge in [0.05, 0.1) is 25.9 Å². The summed E-state index contributed by atoms with van der Waals surface area (Å²) in [6, 6.07) is 14.1. The van der Waals surface area contributed by atoms with Crippen molar-refractivity contribution in [1.82, 2.24) is 5.32 Å². The largest absolute Gasteiger partial charge is 0.394 e. The fraction of sp³-hybridized carbons (Fsp3) is 0.375. The molecule has 0 amide bonds. The highest BCUT2D eigenvalue weighted by Crippen LogP contribution is 2.19. The van der Waals surface area contributed by atoms with Crippen LogP contribution in [-0.2, 0) is 4.74 Å². The smallest absolute Gasteiger partial charge is 0.0914 e. The molecule has 0 saturated heterocycles. The van der Waals surface area contributed by atoms with E-state index in [1.807, 2.05) is 36.4 Å². The Morgan fingerprint density at radius 2 is 1.85 bits per heavy atom. The van der Waals surface area contributed by atoms with E-state index in [1.54, 1.807) is 0 Å². The van der Waals surface area contributed by atoms with Gasteiger partial charge in [0.25, 0.3) is 0 Å². The Kier molecular flexibility index (Phi) is 5.95. The van der Waals surface area contributed by atoms with Crippen molar-refractivity contribution < 1.29 is 14.9 Å². The van der Waals surface area contributed by atoms with Crippen LogP contribution in [0.15, 0.2) is 42.5 Å². The maximum absolute atomic E-state index is 10.1. The van der Waals surface area contributed by atoms with Crippen molar-refractivity contribution in [2.75, 3.05) is 32.9 Å². The number of fused-ring (bicyclic) bond motifs is 1. The van der Waals surface area contributed by atoms with E-state index in [9.17, 15) is 5.11 Å². The summed E-state index contributed by atoms with van der Waals surface area (Å²) in [6.07, 6.45) is -0.530. The van der Waals surface area contributed by atoms with E-state index in [0.29, 0.717) is 26.3 Å². The molecule has 3 N–H and O–H groups in total. The summed E-state index contributed by atoms with van der Waals surface area (Å²) in [5, 5.41) is 24.1. The number of aliphatic hydroxyl groups is 2. The lowest BCUT2D eigenvalue weighted by molar-refractivity contribution is 0.0910. The van der Waals surface area contributed by atoms with Gasteiger partial charge in [0.15, 0.2) is 0 Å². The first kappa shape index (κ1) is 14.9. The molecule has 4 nitrogen and oxygen atoms in total. The van der Waals surface area contributed by atoms with Gasteiger partial charge in [0.2, 0.25) is 0 Å². The zero-order valence-electron chi connectivity index (χ0n) is 11.5. The topological polar surface area (TPSA) is 61.7 Å². The van der Waals surface area contributed by atoms with Crippen LogP contribution in [0.3, 0.4) is 0 Å². The zero-order valence-corrected chi connectivity index (χ0v) is 11.5. The second-order valence-corrected chi connectivity index (χ2v) is 4.66. The average molecular weight is 275 g/mol. The van der Waals surface area contributed by atoms with Crippen molar-refractivity contribution in [3.8, 4) is 0 Å². The molecule has 4 heteroatoms. The molecule has 0 radical (unpaired) electrons. The molecule has 2 rings (SSSR count). The van der Waals surface area contributed by atoms with Gasteiger partial charge in [-0.3, -0.25) is 0 Å². The molecule has 0 spiro atoms. The first-order valence-corrected chi connectivity index (χ1v) is 6.87. The molecule has 0 aromatic heterocycles. The molecule has 0 heterocycles. The third-order valence-electron chi connectivity index (χ3n) is 3.15. The molecule has 108 valence electrons. The normalized spacial score (nSPS) is 12.7. The number of hydrogen-bond acceptors (Lipinski definition) is 4. The Hall–Kier alpha value is -1.46. The van der Waals surface area contributed by atoms with Crippen LogP contribution in [0, 0.1) is 0 Å². The van der Waals surface area contributed by atoms with Crippen LogP contribution < -0.4 is 5.32 Å². The molecule has 20 heavy (non-hydrogen) atoms. The fourth-order valence-corrected chi connectivity index (χ4v) is 2.08. The minimum absolute atomic E-state index is 0.0414. The summed E-state index contributed by atoms with van der Waals surface area (Å²) in [7, 11) is 0. The molecule has 0 fully saturated rings. The van der Waals surface area contributed by atoms with Crippen LogP contribution >= 0.6 is 0 Å². The number of ether oxygens (including phenoxy) is 1. The molecule has 2 aromatic rings. The monoisotopic (exact) mass is 275 g/mol. The van der Waals surface area contributed by atoms with Gasteiger partial charge in [0, 0.05) is 13.1 Å². The van der Waals surface area contributed by atoms with Crippen molar-refractivity contribution in [2.24, 2.45) is 0 Å². The fourth-order valence-electron chi connectivity index (χ4n) is 2.08. The summed E-state index contributed by atoms with van der Waals surface area (Å²) in [5.74, 6) is 0. The number of nitrogens with one attached hydrogen (secondary N) is 1. The third kappa shape index (κ3) is 4.28. The van der Waals surface area contributed by atoms with Crippen molar-refractivity contribution in [3.63, 3.8) is 0 Å². The minimum atomic E-state index is -0.530. The van der Waals surface area contributed by atoms with E-state index in [1.165, 1.54) is 5.39 Å². The molecule has 0 aliphatic heterocycles. The Morgan fingerprint density at radius 1 is 1.05 bits per heavy atom. The van der Waals surface area contributed by atoms with Gasteiger partial charge in [-0.1, -0.05) is 36.4 Å². The van der Waals surface area contributed by atoms with Gasteiger partial charge in [-0.05, 0) is 22.4 Å². The van der Waals surface area contributed by atoms with Crippen LogP contribution in [0.25, 0.3) is 10.8 Å². The van der Waals surface area contributed by atoms with Gasteiger partial charge in [-0.2, -0.15) is 0 Å². The predicted molar refractivity (Wildman–Crippen MR) is 79.7 cm³/mol. The van der Waals surface area contributed by atoms with Crippen LogP contribution in [-0.4, -0.2) is 43.1 Å². The highest BCUT2D eigenvalue weighted by molar-refractivity contribution is 5.83. The predicted octanol–water partition coefficient (Wildman–Crippen LogP) is 1.47. The molecule has 1 unspecified atom stereocenters. The molecule has 0 bridgehead atoms. The van der Waals surface area contributed by atoms with Crippen LogP contribution in [0.5, 0.6) is 0 Å². The second-order valence-electron chi connectivity index (χ2n) is 4.66. The maximum atomic E-state index is 10.1. The molecule has 1 atom stereocenters. The van der Waals surface area contributed by atoms with Gasteiger partial charge in [0.1, 0.15) is 0 Å². The number of hydrogen-bond donors (Lipinski definition) is 3. The van der Waals surface area contributed by atoms with Crippen LogP contribution in [0.1, 0.15) is 11.7 Å². The Bertz CT molecular complexity index is 530. The van der Waals surface area contributed by atoms with Crippen LogP contribution in [0.2, 0.25) is 0 Å². The number of aliphatic hydroxyl groups excluding tert-OH is 2. The summed E-state index contributed by atoms with van der Waals surface area (Å²) >= 11 is 0. The number of benzene rings is 2. The SMILES string of the molecule is OCCOCCNCC(O)c1ccc2ccccc2c1. The lowest BCUT2D eigenvalue weighted by Crippen LogP contribution is -2.25. The molecule has 0 saturated carbocycles. The molecular formula is C16H21NO3. The Balaban J connectivity index is 1.83. The highest BCUT2D eigenvalue weighted by Gasteiger charge is 2.07. The second kappa shape index (κ2) is 7.97. The molecular weight excluding hydrogens is 254 g/mol. The zero-order chi connectivity index (χ0) is 14.2. The van der Waals surface area contributed by atoms with Crippen molar-refractivity contribution in [3.05, 3.63) is 48.0 Å². The first-order valence-electron chi connectivity index (χ1n) is 6.87. The first-order chi connectivity index (χ1) is 9.81. The standard InChI is InChI=1S/C16H21NO3/c18-8-10-20-9-7-17-12-16(19)15-6-5-13-3-1-2-4-14(13)11-15/h1-6,11,16-19H,7-10,12H2. The van der Waals surface area contributed by atoms with Crippen LogP contribution in [0.4, 0.5) is 0 Å². The van der Waals surface area contributed by atoms with E-state index >= 15 is 0 Å². The quantitative estimate of drug-likeness (QED) is 0.639.